The van der Waals surface area contributed by atoms with Gasteiger partial charge in [-0.25, -0.2) is 4.79 Å². The Morgan fingerprint density at radius 2 is 1.62 bits per heavy atom. The molecule has 2 nitrogen and oxygen atoms in total. The lowest BCUT2D eigenvalue weighted by molar-refractivity contribution is 0.0697. The maximum Gasteiger partial charge on any atom is 0.335 e. The second-order valence-electron chi connectivity index (χ2n) is 3.40. The second-order valence-corrected chi connectivity index (χ2v) is 4.31. The highest BCUT2D eigenvalue weighted by Gasteiger charge is 2.04. The molecule has 0 spiro atoms. The minimum Gasteiger partial charge on any atom is -0.478 e. The van der Waals surface area contributed by atoms with Crippen molar-refractivity contribution in [1.29, 1.82) is 0 Å². The summed E-state index contributed by atoms with van der Waals surface area (Å²) in [7, 11) is 0. The van der Waals surface area contributed by atoms with Gasteiger partial charge in [-0.3, -0.25) is 0 Å². The van der Waals surface area contributed by atoms with Gasteiger partial charge in [0.25, 0.3) is 0 Å². The quantitative estimate of drug-likeness (QED) is 0.906. The Morgan fingerprint density at radius 1 is 1.00 bits per heavy atom. The largest absolute Gasteiger partial charge is 0.478 e. The normalized spacial score (nSPS) is 10.1. The minimum absolute atomic E-state index is 0.303. The molecule has 1 N–H and O–H groups in total. The first-order valence-corrected chi connectivity index (χ1v) is 5.55. The third kappa shape index (κ3) is 2.31. The van der Waals surface area contributed by atoms with E-state index in [0.717, 1.165) is 15.6 Å². The average molecular weight is 277 g/mol. The van der Waals surface area contributed by atoms with E-state index in [0.29, 0.717) is 5.56 Å². The Labute approximate surface area is 102 Å². The number of rotatable bonds is 2. The maximum atomic E-state index is 10.8. The van der Waals surface area contributed by atoms with E-state index in [1.165, 1.54) is 0 Å². The number of hydrogen-bond donors (Lipinski definition) is 1. The summed E-state index contributed by atoms with van der Waals surface area (Å²) in [5.41, 5.74) is 2.20. The van der Waals surface area contributed by atoms with E-state index in [1.54, 1.807) is 18.2 Å². The molecule has 16 heavy (non-hydrogen) atoms. The number of halogens is 1. The first kappa shape index (κ1) is 10.9. The van der Waals surface area contributed by atoms with Gasteiger partial charge in [0.1, 0.15) is 0 Å². The van der Waals surface area contributed by atoms with Gasteiger partial charge in [0, 0.05) is 4.47 Å². The summed E-state index contributed by atoms with van der Waals surface area (Å²) in [6.45, 7) is 0. The van der Waals surface area contributed by atoms with Crippen LogP contribution in [0.25, 0.3) is 11.1 Å². The van der Waals surface area contributed by atoms with Gasteiger partial charge in [0.15, 0.2) is 0 Å². The predicted molar refractivity (Wildman–Crippen MR) is 66.5 cm³/mol. The zero-order valence-electron chi connectivity index (χ0n) is 8.35. The molecule has 0 amide bonds. The van der Waals surface area contributed by atoms with Crippen LogP contribution in [0.5, 0.6) is 0 Å². The SMILES string of the molecule is O=C(O)c1cccc(-c2cccc(Br)c2)c1. The van der Waals surface area contributed by atoms with E-state index >= 15 is 0 Å². The van der Waals surface area contributed by atoms with Crippen LogP contribution in [0.1, 0.15) is 10.4 Å². The van der Waals surface area contributed by atoms with E-state index in [9.17, 15) is 4.79 Å². The van der Waals surface area contributed by atoms with Crippen molar-refractivity contribution in [3.63, 3.8) is 0 Å². The number of carbonyl (C=O) groups is 1. The third-order valence-corrected chi connectivity index (χ3v) is 2.76. The van der Waals surface area contributed by atoms with Gasteiger partial charge in [0.2, 0.25) is 0 Å². The topological polar surface area (TPSA) is 37.3 Å². The molecule has 0 bridgehead atoms. The number of aromatic carboxylic acids is 1. The Balaban J connectivity index is 2.48. The van der Waals surface area contributed by atoms with Crippen LogP contribution in [0.4, 0.5) is 0 Å². The van der Waals surface area contributed by atoms with Crippen molar-refractivity contribution in [3.8, 4) is 11.1 Å². The fourth-order valence-electron chi connectivity index (χ4n) is 1.50. The lowest BCUT2D eigenvalue weighted by Crippen LogP contribution is -1.95. The molecule has 2 aromatic carbocycles. The molecule has 2 aromatic rings. The van der Waals surface area contributed by atoms with E-state index in [2.05, 4.69) is 15.9 Å². The summed E-state index contributed by atoms with van der Waals surface area (Å²) in [5, 5.41) is 8.90. The van der Waals surface area contributed by atoms with Crippen LogP contribution in [0, 0.1) is 0 Å². The van der Waals surface area contributed by atoms with Crippen LogP contribution in [0.3, 0.4) is 0 Å². The molecule has 0 saturated carbocycles. The lowest BCUT2D eigenvalue weighted by atomic mass is 10.0. The predicted octanol–water partition coefficient (Wildman–Crippen LogP) is 3.81. The van der Waals surface area contributed by atoms with Gasteiger partial charge in [0.05, 0.1) is 5.56 Å². The molecule has 0 aromatic heterocycles. The molecule has 3 heteroatoms. The smallest absolute Gasteiger partial charge is 0.335 e. The van der Waals surface area contributed by atoms with Crippen molar-refractivity contribution < 1.29 is 9.90 Å². The van der Waals surface area contributed by atoms with Crippen LogP contribution < -0.4 is 0 Å². The highest BCUT2D eigenvalue weighted by atomic mass is 79.9. The molecule has 0 heterocycles. The van der Waals surface area contributed by atoms with E-state index in [4.69, 9.17) is 5.11 Å². The van der Waals surface area contributed by atoms with Crippen LogP contribution >= 0.6 is 15.9 Å². The molecule has 0 unspecified atom stereocenters. The highest BCUT2D eigenvalue weighted by Crippen LogP contribution is 2.23. The maximum absolute atomic E-state index is 10.8. The Kier molecular flexibility index (Phi) is 3.06. The zero-order chi connectivity index (χ0) is 11.5. The average Bonchev–Trinajstić information content (AvgIpc) is 2.29. The van der Waals surface area contributed by atoms with E-state index in [1.807, 2.05) is 30.3 Å². The van der Waals surface area contributed by atoms with Crippen molar-refractivity contribution in [2.75, 3.05) is 0 Å². The fourth-order valence-corrected chi connectivity index (χ4v) is 1.90. The van der Waals surface area contributed by atoms with Gasteiger partial charge in [-0.15, -0.1) is 0 Å². The van der Waals surface area contributed by atoms with Crippen molar-refractivity contribution in [2.45, 2.75) is 0 Å². The van der Waals surface area contributed by atoms with Gasteiger partial charge in [-0.2, -0.15) is 0 Å². The minimum atomic E-state index is -0.906. The first-order chi connectivity index (χ1) is 7.66. The Morgan fingerprint density at radius 3 is 2.25 bits per heavy atom. The molecular weight excluding hydrogens is 268 g/mol. The first-order valence-electron chi connectivity index (χ1n) is 4.76. The monoisotopic (exact) mass is 276 g/mol. The summed E-state index contributed by atoms with van der Waals surface area (Å²) in [4.78, 5) is 10.8. The molecule has 0 fully saturated rings. The lowest BCUT2D eigenvalue weighted by Gasteiger charge is -2.03. The Bertz CT molecular complexity index is 535. The molecule has 0 radical (unpaired) electrons. The zero-order valence-corrected chi connectivity index (χ0v) is 9.94. The van der Waals surface area contributed by atoms with Crippen molar-refractivity contribution >= 4 is 21.9 Å². The van der Waals surface area contributed by atoms with E-state index < -0.39 is 5.97 Å². The molecule has 0 atom stereocenters. The fraction of sp³-hybridized carbons (Fsp3) is 0. The molecule has 0 saturated heterocycles. The summed E-state index contributed by atoms with van der Waals surface area (Å²) >= 11 is 3.39. The van der Waals surface area contributed by atoms with Crippen LogP contribution in [-0.2, 0) is 0 Å². The number of hydrogen-bond acceptors (Lipinski definition) is 1. The Hall–Kier alpha value is -1.61. The molecule has 0 aliphatic rings. The summed E-state index contributed by atoms with van der Waals surface area (Å²) < 4.78 is 0.978. The van der Waals surface area contributed by atoms with Gasteiger partial charge < -0.3 is 5.11 Å². The van der Waals surface area contributed by atoms with Gasteiger partial charge >= 0.3 is 5.97 Å². The molecule has 2 rings (SSSR count). The molecular formula is C13H9BrO2. The van der Waals surface area contributed by atoms with Gasteiger partial charge in [-0.1, -0.05) is 40.2 Å². The number of carboxylic acid groups (broad SMARTS) is 1. The summed E-state index contributed by atoms with van der Waals surface area (Å²) in [6.07, 6.45) is 0. The molecule has 80 valence electrons. The second kappa shape index (κ2) is 4.49. The van der Waals surface area contributed by atoms with Crippen molar-refractivity contribution in [1.82, 2.24) is 0 Å². The summed E-state index contributed by atoms with van der Waals surface area (Å²) in [6, 6.07) is 14.7. The number of benzene rings is 2. The van der Waals surface area contributed by atoms with Crippen LogP contribution in [-0.4, -0.2) is 11.1 Å². The number of carboxylic acids is 1. The highest BCUT2D eigenvalue weighted by molar-refractivity contribution is 9.10. The van der Waals surface area contributed by atoms with Gasteiger partial charge in [-0.05, 0) is 35.4 Å². The van der Waals surface area contributed by atoms with Crippen LogP contribution in [0.2, 0.25) is 0 Å². The summed E-state index contributed by atoms with van der Waals surface area (Å²) in [5.74, 6) is -0.906. The van der Waals surface area contributed by atoms with Crippen LogP contribution in [0.15, 0.2) is 53.0 Å². The molecule has 0 aliphatic heterocycles. The van der Waals surface area contributed by atoms with E-state index in [-0.39, 0.29) is 0 Å². The standard InChI is InChI=1S/C13H9BrO2/c14-12-6-2-4-10(8-12)9-3-1-5-11(7-9)13(15)16/h1-8H,(H,15,16). The molecule has 0 aliphatic carbocycles. The van der Waals surface area contributed by atoms with Crippen molar-refractivity contribution in [3.05, 3.63) is 58.6 Å². The third-order valence-electron chi connectivity index (χ3n) is 2.27. The van der Waals surface area contributed by atoms with Crippen molar-refractivity contribution in [2.24, 2.45) is 0 Å².